The van der Waals surface area contributed by atoms with Crippen LogP contribution in [0.15, 0.2) is 85.3 Å². The summed E-state index contributed by atoms with van der Waals surface area (Å²) in [6.07, 6.45) is 5.47. The maximum atomic E-state index is 14.2. The molecule has 5 aromatic rings. The fourth-order valence-corrected chi connectivity index (χ4v) is 4.35. The maximum Gasteiger partial charge on any atom is 0.251 e. The topological polar surface area (TPSA) is 72.7 Å². The van der Waals surface area contributed by atoms with Crippen molar-refractivity contribution in [2.75, 3.05) is 6.54 Å². The second-order valence-corrected chi connectivity index (χ2v) is 9.73. The van der Waals surface area contributed by atoms with E-state index in [-0.39, 0.29) is 16.9 Å². The first-order valence-corrected chi connectivity index (χ1v) is 11.9. The number of benzene rings is 3. The minimum Gasteiger partial charge on any atom is -0.351 e. The zero-order valence-corrected chi connectivity index (χ0v) is 20.5. The summed E-state index contributed by atoms with van der Waals surface area (Å²) in [6.45, 7) is 4.92. The Bertz CT molecular complexity index is 1570. The van der Waals surface area contributed by atoms with Gasteiger partial charge in [-0.2, -0.15) is 0 Å². The van der Waals surface area contributed by atoms with Gasteiger partial charge in [0.15, 0.2) is 0 Å². The number of pyridine rings is 1. The van der Waals surface area contributed by atoms with E-state index in [0.29, 0.717) is 24.2 Å². The molecule has 0 bridgehead atoms. The number of nitrogens with zero attached hydrogens (tertiary/aromatic N) is 4. The molecule has 0 aliphatic rings. The number of fused-ring (bicyclic) bond motifs is 1. The minimum absolute atomic E-state index is 0.151. The van der Waals surface area contributed by atoms with E-state index in [0.717, 1.165) is 22.0 Å². The van der Waals surface area contributed by atoms with E-state index in [4.69, 9.17) is 0 Å². The van der Waals surface area contributed by atoms with Crippen LogP contribution in [0.1, 0.15) is 24.2 Å². The van der Waals surface area contributed by atoms with Crippen LogP contribution in [0.25, 0.3) is 33.2 Å². The van der Waals surface area contributed by atoms with Crippen molar-refractivity contribution in [2.24, 2.45) is 5.41 Å². The highest BCUT2D eigenvalue weighted by molar-refractivity contribution is 5.96. The van der Waals surface area contributed by atoms with Crippen LogP contribution in [0.3, 0.4) is 0 Å². The van der Waals surface area contributed by atoms with Gasteiger partial charge in [0, 0.05) is 47.4 Å². The van der Waals surface area contributed by atoms with Crippen LogP contribution in [-0.2, 0) is 6.54 Å². The van der Waals surface area contributed by atoms with Crippen LogP contribution in [-0.4, -0.2) is 32.4 Å². The summed E-state index contributed by atoms with van der Waals surface area (Å²) in [5.74, 6) is -1.67. The van der Waals surface area contributed by atoms with Crippen LogP contribution in [0.4, 0.5) is 8.78 Å². The number of hydrogen-bond acceptors (Lipinski definition) is 4. The van der Waals surface area contributed by atoms with Crippen LogP contribution in [0.2, 0.25) is 0 Å². The molecule has 1 amide bonds. The molecule has 0 spiro atoms. The number of carbonyl (C=O) groups is 1. The summed E-state index contributed by atoms with van der Waals surface area (Å²) >= 11 is 0. The van der Waals surface area contributed by atoms with E-state index < -0.39 is 11.6 Å². The average molecular weight is 498 g/mol. The van der Waals surface area contributed by atoms with Crippen molar-refractivity contribution in [2.45, 2.75) is 20.4 Å². The quantitative estimate of drug-likeness (QED) is 0.304. The summed E-state index contributed by atoms with van der Waals surface area (Å²) in [7, 11) is 0. The van der Waals surface area contributed by atoms with Gasteiger partial charge >= 0.3 is 0 Å². The Morgan fingerprint density at radius 3 is 2.57 bits per heavy atom. The molecule has 0 atom stereocenters. The predicted octanol–water partition coefficient (Wildman–Crippen LogP) is 5.89. The highest BCUT2D eigenvalue weighted by Crippen LogP contribution is 2.28. The van der Waals surface area contributed by atoms with Gasteiger partial charge in [-0.15, -0.1) is 5.10 Å². The van der Waals surface area contributed by atoms with E-state index >= 15 is 0 Å². The summed E-state index contributed by atoms with van der Waals surface area (Å²) in [4.78, 5) is 17.0. The van der Waals surface area contributed by atoms with Gasteiger partial charge in [-0.1, -0.05) is 55.5 Å². The summed E-state index contributed by atoms with van der Waals surface area (Å²) in [5, 5.41) is 13.7. The Morgan fingerprint density at radius 1 is 1.00 bits per heavy atom. The smallest absolute Gasteiger partial charge is 0.251 e. The standard InChI is InChI=1S/C29H25F2N5O/c1-29(2,18-36-16-26(34-35-36)23-9-4-8-21-15-32-13-12-22(21)23)17-33-28(37)20-7-3-6-19(14-20)27-24(30)10-5-11-25(27)31/h3-16H,17-18H2,1-2H3,(H,33,37). The number of halogens is 2. The molecule has 2 aromatic heterocycles. The van der Waals surface area contributed by atoms with Crippen LogP contribution in [0.5, 0.6) is 0 Å². The van der Waals surface area contributed by atoms with Gasteiger partial charge in [0.2, 0.25) is 0 Å². The molecule has 0 saturated heterocycles. The van der Waals surface area contributed by atoms with Crippen molar-refractivity contribution < 1.29 is 13.6 Å². The first-order valence-electron chi connectivity index (χ1n) is 11.9. The third-order valence-corrected chi connectivity index (χ3v) is 6.19. The van der Waals surface area contributed by atoms with Crippen LogP contribution in [0, 0.1) is 17.0 Å². The third-order valence-electron chi connectivity index (χ3n) is 6.19. The molecule has 1 N–H and O–H groups in total. The Kier molecular flexibility index (Phi) is 6.48. The van der Waals surface area contributed by atoms with Crippen molar-refractivity contribution in [1.82, 2.24) is 25.3 Å². The number of aromatic nitrogens is 4. The molecule has 3 aromatic carbocycles. The molecule has 8 heteroatoms. The second-order valence-electron chi connectivity index (χ2n) is 9.73. The van der Waals surface area contributed by atoms with E-state index in [2.05, 4.69) is 20.6 Å². The van der Waals surface area contributed by atoms with Crippen molar-refractivity contribution in [3.63, 3.8) is 0 Å². The monoisotopic (exact) mass is 497 g/mol. The second kappa shape index (κ2) is 9.89. The Balaban J connectivity index is 1.27. The molecule has 186 valence electrons. The lowest BCUT2D eigenvalue weighted by molar-refractivity contribution is 0.0931. The Labute approximate surface area is 213 Å². The zero-order valence-electron chi connectivity index (χ0n) is 20.5. The molecule has 5 rings (SSSR count). The Hall–Kier alpha value is -4.46. The lowest BCUT2D eigenvalue weighted by atomic mass is 9.93. The van der Waals surface area contributed by atoms with Crippen molar-refractivity contribution in [1.29, 1.82) is 0 Å². The highest BCUT2D eigenvalue weighted by atomic mass is 19.1. The van der Waals surface area contributed by atoms with Crippen LogP contribution < -0.4 is 5.32 Å². The van der Waals surface area contributed by atoms with E-state index in [9.17, 15) is 13.6 Å². The molecule has 0 aliphatic heterocycles. The molecule has 2 heterocycles. The molecule has 0 aliphatic carbocycles. The molecule has 6 nitrogen and oxygen atoms in total. The van der Waals surface area contributed by atoms with Gasteiger partial charge in [-0.25, -0.2) is 8.78 Å². The largest absolute Gasteiger partial charge is 0.351 e. The summed E-state index contributed by atoms with van der Waals surface area (Å²) in [5.41, 5.74) is 1.86. The minimum atomic E-state index is -0.675. The molecule has 37 heavy (non-hydrogen) atoms. The number of amides is 1. The lowest BCUT2D eigenvalue weighted by Crippen LogP contribution is -2.36. The van der Waals surface area contributed by atoms with Gasteiger partial charge < -0.3 is 5.32 Å². The van der Waals surface area contributed by atoms with E-state index in [1.165, 1.54) is 24.3 Å². The predicted molar refractivity (Wildman–Crippen MR) is 139 cm³/mol. The van der Waals surface area contributed by atoms with Crippen molar-refractivity contribution >= 4 is 16.7 Å². The zero-order chi connectivity index (χ0) is 26.0. The van der Waals surface area contributed by atoms with Gasteiger partial charge in [-0.3, -0.25) is 14.5 Å². The van der Waals surface area contributed by atoms with Gasteiger partial charge in [0.1, 0.15) is 17.3 Å². The van der Waals surface area contributed by atoms with Gasteiger partial charge in [-0.05, 0) is 41.3 Å². The van der Waals surface area contributed by atoms with E-state index in [1.807, 2.05) is 50.5 Å². The fraction of sp³-hybridized carbons (Fsp3) is 0.172. The molecule has 0 fully saturated rings. The van der Waals surface area contributed by atoms with E-state index in [1.54, 1.807) is 29.1 Å². The first kappa shape index (κ1) is 24.2. The summed E-state index contributed by atoms with van der Waals surface area (Å²) in [6, 6.07) is 17.9. The molecule has 0 saturated carbocycles. The maximum absolute atomic E-state index is 14.2. The number of hydrogen-bond donors (Lipinski definition) is 1. The molecular weight excluding hydrogens is 472 g/mol. The number of nitrogens with one attached hydrogen (secondary N) is 1. The molecule has 0 radical (unpaired) electrons. The third kappa shape index (κ3) is 5.23. The SMILES string of the molecule is CC(C)(CNC(=O)c1cccc(-c2c(F)cccc2F)c1)Cn1cc(-c2cccc3cnccc23)nn1. The Morgan fingerprint density at radius 2 is 1.76 bits per heavy atom. The van der Waals surface area contributed by atoms with Gasteiger partial charge in [0.25, 0.3) is 5.91 Å². The van der Waals surface area contributed by atoms with Gasteiger partial charge in [0.05, 0.1) is 11.8 Å². The number of carbonyl (C=O) groups excluding carboxylic acids is 1. The highest BCUT2D eigenvalue weighted by Gasteiger charge is 2.22. The molecular formula is C29H25F2N5O. The van der Waals surface area contributed by atoms with Crippen LogP contribution >= 0.6 is 0 Å². The number of rotatable bonds is 7. The molecule has 0 unspecified atom stereocenters. The van der Waals surface area contributed by atoms with Crippen molar-refractivity contribution in [3.05, 3.63) is 103 Å². The first-order chi connectivity index (χ1) is 17.8. The van der Waals surface area contributed by atoms with Crippen molar-refractivity contribution in [3.8, 4) is 22.4 Å². The lowest BCUT2D eigenvalue weighted by Gasteiger charge is -2.24. The fourth-order valence-electron chi connectivity index (χ4n) is 4.35. The normalized spacial score (nSPS) is 11.6. The summed E-state index contributed by atoms with van der Waals surface area (Å²) < 4.78 is 30.2. The average Bonchev–Trinajstić information content (AvgIpc) is 3.34.